The number of benzene rings is 2. The van der Waals surface area contributed by atoms with Gasteiger partial charge in [0, 0.05) is 29.6 Å². The van der Waals surface area contributed by atoms with Gasteiger partial charge in [-0.2, -0.15) is 5.10 Å². The Bertz CT molecular complexity index is 1180. The average Bonchev–Trinajstić information content (AvgIpc) is 2.75. The summed E-state index contributed by atoms with van der Waals surface area (Å²) in [5, 5.41) is 7.54. The maximum Gasteiger partial charge on any atom is 0.266 e. The number of aromatic nitrogens is 2. The highest BCUT2D eigenvalue weighted by atomic mass is 35.5. The lowest BCUT2D eigenvalue weighted by molar-refractivity contribution is -0.120. The van der Waals surface area contributed by atoms with Crippen LogP contribution in [0.1, 0.15) is 6.42 Å². The third kappa shape index (κ3) is 5.77. The highest BCUT2D eigenvalue weighted by molar-refractivity contribution is 7.91. The molecule has 0 aliphatic carbocycles. The third-order valence-electron chi connectivity index (χ3n) is 4.35. The van der Waals surface area contributed by atoms with Crippen molar-refractivity contribution in [3.63, 3.8) is 0 Å². The van der Waals surface area contributed by atoms with E-state index in [1.807, 2.05) is 0 Å². The summed E-state index contributed by atoms with van der Waals surface area (Å²) in [5.41, 5.74) is 1.11. The number of rotatable bonds is 8. The van der Waals surface area contributed by atoms with E-state index in [0.717, 1.165) is 5.56 Å². The number of carbonyl (C=O) groups excluding carboxylic acids is 1. The Morgan fingerprint density at radius 3 is 2.40 bits per heavy atom. The predicted molar refractivity (Wildman–Crippen MR) is 115 cm³/mol. The summed E-state index contributed by atoms with van der Waals surface area (Å²) in [5.74, 6) is -0.691. The maximum atomic E-state index is 12.2. The van der Waals surface area contributed by atoms with Crippen LogP contribution in [0.4, 0.5) is 0 Å². The van der Waals surface area contributed by atoms with Crippen LogP contribution < -0.4 is 10.9 Å². The zero-order valence-corrected chi connectivity index (χ0v) is 17.6. The number of carbonyl (C=O) groups is 1. The molecule has 0 aliphatic rings. The summed E-state index contributed by atoms with van der Waals surface area (Å²) in [6, 6.07) is 18.1. The Kier molecular flexibility index (Phi) is 7.02. The molecule has 156 valence electrons. The SMILES string of the molecule is O=C(CCS(=O)(=O)c1ccccc1)NCCn1nc(-c2ccc(Cl)cc2)ccc1=O. The van der Waals surface area contributed by atoms with Gasteiger partial charge in [-0.25, -0.2) is 13.1 Å². The number of amides is 1. The van der Waals surface area contributed by atoms with E-state index >= 15 is 0 Å². The van der Waals surface area contributed by atoms with Crippen LogP contribution in [0.2, 0.25) is 5.02 Å². The second-order valence-corrected chi connectivity index (χ2v) is 9.06. The molecule has 1 aromatic heterocycles. The Morgan fingerprint density at radius 1 is 1.00 bits per heavy atom. The fourth-order valence-electron chi connectivity index (χ4n) is 2.75. The quantitative estimate of drug-likeness (QED) is 0.574. The molecule has 0 saturated heterocycles. The van der Waals surface area contributed by atoms with Crippen molar-refractivity contribution in [3.05, 3.63) is 82.1 Å². The molecule has 1 heterocycles. The van der Waals surface area contributed by atoms with Crippen LogP contribution in [0.3, 0.4) is 0 Å². The number of hydrogen-bond donors (Lipinski definition) is 1. The first-order valence-corrected chi connectivity index (χ1v) is 11.3. The molecular weight excluding hydrogens is 426 g/mol. The molecule has 0 aliphatic heterocycles. The molecule has 0 fully saturated rings. The van der Waals surface area contributed by atoms with Crippen LogP contribution in [0, 0.1) is 0 Å². The van der Waals surface area contributed by atoms with Crippen molar-refractivity contribution < 1.29 is 13.2 Å². The predicted octanol–water partition coefficient (Wildman–Crippen LogP) is 2.54. The van der Waals surface area contributed by atoms with Crippen molar-refractivity contribution in [3.8, 4) is 11.3 Å². The molecule has 9 heteroatoms. The van der Waals surface area contributed by atoms with Crippen molar-refractivity contribution in [1.82, 2.24) is 15.1 Å². The third-order valence-corrected chi connectivity index (χ3v) is 6.34. The standard InChI is InChI=1S/C21H20ClN3O4S/c22-17-8-6-16(7-9-17)19-10-11-21(27)25(24-19)14-13-23-20(26)12-15-30(28,29)18-4-2-1-3-5-18/h1-11H,12-15H2,(H,23,26). The minimum absolute atomic E-state index is 0.154. The molecule has 2 aromatic carbocycles. The summed E-state index contributed by atoms with van der Waals surface area (Å²) < 4.78 is 25.7. The zero-order valence-electron chi connectivity index (χ0n) is 16.0. The van der Waals surface area contributed by atoms with Crippen molar-refractivity contribution in [2.75, 3.05) is 12.3 Å². The Labute approximate surface area is 179 Å². The Balaban J connectivity index is 1.55. The number of halogens is 1. The second kappa shape index (κ2) is 9.69. The topological polar surface area (TPSA) is 98.1 Å². The summed E-state index contributed by atoms with van der Waals surface area (Å²) in [4.78, 5) is 24.2. The van der Waals surface area contributed by atoms with Gasteiger partial charge in [-0.1, -0.05) is 41.9 Å². The van der Waals surface area contributed by atoms with Crippen LogP contribution in [0.25, 0.3) is 11.3 Å². The van der Waals surface area contributed by atoms with E-state index in [0.29, 0.717) is 10.7 Å². The van der Waals surface area contributed by atoms with Gasteiger partial charge < -0.3 is 5.32 Å². The van der Waals surface area contributed by atoms with Crippen LogP contribution >= 0.6 is 11.6 Å². The first-order chi connectivity index (χ1) is 14.3. The number of sulfone groups is 1. The molecule has 0 unspecified atom stereocenters. The second-order valence-electron chi connectivity index (χ2n) is 6.52. The molecule has 30 heavy (non-hydrogen) atoms. The van der Waals surface area contributed by atoms with Crippen molar-refractivity contribution in [2.24, 2.45) is 0 Å². The van der Waals surface area contributed by atoms with E-state index in [1.54, 1.807) is 48.5 Å². The molecule has 3 aromatic rings. The largest absolute Gasteiger partial charge is 0.354 e. The lowest BCUT2D eigenvalue weighted by Gasteiger charge is -2.09. The smallest absolute Gasteiger partial charge is 0.266 e. The van der Waals surface area contributed by atoms with E-state index in [1.165, 1.54) is 22.9 Å². The van der Waals surface area contributed by atoms with Gasteiger partial charge in [-0.05, 0) is 30.3 Å². The van der Waals surface area contributed by atoms with Crippen LogP contribution in [-0.2, 0) is 21.2 Å². The van der Waals surface area contributed by atoms with E-state index in [2.05, 4.69) is 10.4 Å². The average molecular weight is 446 g/mol. The molecule has 0 atom stereocenters. The summed E-state index contributed by atoms with van der Waals surface area (Å²) in [6.45, 7) is 0.318. The van der Waals surface area contributed by atoms with Crippen molar-refractivity contribution >= 4 is 27.3 Å². The first-order valence-electron chi connectivity index (χ1n) is 9.24. The Hall–Kier alpha value is -2.97. The van der Waals surface area contributed by atoms with E-state index < -0.39 is 15.7 Å². The highest BCUT2D eigenvalue weighted by Crippen LogP contribution is 2.18. The van der Waals surface area contributed by atoms with Gasteiger partial charge >= 0.3 is 0 Å². The lowest BCUT2D eigenvalue weighted by atomic mass is 10.1. The summed E-state index contributed by atoms with van der Waals surface area (Å²) in [6.07, 6.45) is -0.162. The molecule has 1 amide bonds. The van der Waals surface area contributed by atoms with Crippen LogP contribution in [0.5, 0.6) is 0 Å². The zero-order chi connectivity index (χ0) is 21.6. The molecule has 0 radical (unpaired) electrons. The molecule has 1 N–H and O–H groups in total. The molecule has 0 saturated carbocycles. The minimum atomic E-state index is -3.52. The molecule has 0 spiro atoms. The monoisotopic (exact) mass is 445 g/mol. The van der Waals surface area contributed by atoms with E-state index in [9.17, 15) is 18.0 Å². The van der Waals surface area contributed by atoms with Gasteiger partial charge in [0.15, 0.2) is 9.84 Å². The fourth-order valence-corrected chi connectivity index (χ4v) is 4.13. The lowest BCUT2D eigenvalue weighted by Crippen LogP contribution is -2.32. The molecule has 7 nitrogen and oxygen atoms in total. The summed E-state index contributed by atoms with van der Waals surface area (Å²) >= 11 is 5.89. The van der Waals surface area contributed by atoms with Crippen molar-refractivity contribution in [1.29, 1.82) is 0 Å². The van der Waals surface area contributed by atoms with Crippen LogP contribution in [0.15, 0.2) is 76.4 Å². The number of nitrogens with one attached hydrogen (secondary N) is 1. The number of nitrogens with zero attached hydrogens (tertiary/aromatic N) is 2. The normalized spacial score (nSPS) is 11.2. The highest BCUT2D eigenvalue weighted by Gasteiger charge is 2.16. The van der Waals surface area contributed by atoms with Gasteiger partial charge in [0.25, 0.3) is 5.56 Å². The van der Waals surface area contributed by atoms with Gasteiger partial charge in [0.1, 0.15) is 0 Å². The maximum absolute atomic E-state index is 12.2. The fraction of sp³-hybridized carbons (Fsp3) is 0.190. The first kappa shape index (κ1) is 21.7. The van der Waals surface area contributed by atoms with E-state index in [-0.39, 0.29) is 35.7 Å². The molecular formula is C21H20ClN3O4S. The number of hydrogen-bond acceptors (Lipinski definition) is 5. The minimum Gasteiger partial charge on any atom is -0.354 e. The molecule has 0 bridgehead atoms. The summed E-state index contributed by atoms with van der Waals surface area (Å²) in [7, 11) is -3.52. The van der Waals surface area contributed by atoms with Gasteiger partial charge in [-0.3, -0.25) is 9.59 Å². The van der Waals surface area contributed by atoms with E-state index in [4.69, 9.17) is 11.6 Å². The van der Waals surface area contributed by atoms with Crippen molar-refractivity contribution in [2.45, 2.75) is 17.9 Å². The van der Waals surface area contributed by atoms with Gasteiger partial charge in [0.2, 0.25) is 5.91 Å². The van der Waals surface area contributed by atoms with Gasteiger partial charge in [0.05, 0.1) is 22.9 Å². The Morgan fingerprint density at radius 2 is 1.70 bits per heavy atom. The van der Waals surface area contributed by atoms with Crippen LogP contribution in [-0.4, -0.2) is 36.4 Å². The van der Waals surface area contributed by atoms with Gasteiger partial charge in [-0.15, -0.1) is 0 Å². The molecule has 3 rings (SSSR count).